The van der Waals surface area contributed by atoms with Gasteiger partial charge in [-0.3, -0.25) is 14.9 Å². The monoisotopic (exact) mass is 344 g/mol. The number of carbonyl (C=O) groups excluding carboxylic acids is 1. The molecule has 1 N–H and O–H groups in total. The number of fused-ring (bicyclic) bond motifs is 1. The Labute approximate surface area is 143 Å². The van der Waals surface area contributed by atoms with Crippen molar-refractivity contribution in [1.82, 2.24) is 5.32 Å². The maximum absolute atomic E-state index is 11.9. The van der Waals surface area contributed by atoms with Crippen LogP contribution in [-0.2, 0) is 11.3 Å². The molecule has 0 aliphatic carbocycles. The van der Waals surface area contributed by atoms with Gasteiger partial charge in [0.2, 0.25) is 12.7 Å². The van der Waals surface area contributed by atoms with Gasteiger partial charge in [-0.05, 0) is 23.8 Å². The summed E-state index contributed by atoms with van der Waals surface area (Å²) >= 11 is 0. The number of nitro benzene ring substituents is 1. The molecule has 0 saturated carbocycles. The van der Waals surface area contributed by atoms with E-state index in [9.17, 15) is 14.9 Å². The molecule has 2 aromatic rings. The quantitative estimate of drug-likeness (QED) is 0.611. The van der Waals surface area contributed by atoms with Crippen molar-refractivity contribution in [2.24, 2.45) is 0 Å². The fraction of sp³-hybridized carbons (Fsp3) is 0.235. The molecule has 8 heteroatoms. The van der Waals surface area contributed by atoms with Crippen molar-refractivity contribution in [3.05, 3.63) is 58.1 Å². The van der Waals surface area contributed by atoms with E-state index < -0.39 is 4.92 Å². The Balaban J connectivity index is 1.42. The number of carbonyl (C=O) groups is 1. The maximum atomic E-state index is 11.9. The molecule has 1 heterocycles. The number of hydrogen-bond acceptors (Lipinski definition) is 6. The molecule has 0 spiro atoms. The zero-order valence-corrected chi connectivity index (χ0v) is 13.3. The van der Waals surface area contributed by atoms with E-state index in [1.54, 1.807) is 12.1 Å². The molecule has 0 fully saturated rings. The number of amides is 1. The first kappa shape index (κ1) is 16.6. The Kier molecular flexibility index (Phi) is 4.98. The van der Waals surface area contributed by atoms with Gasteiger partial charge in [-0.2, -0.15) is 0 Å². The second-order valence-electron chi connectivity index (χ2n) is 5.32. The van der Waals surface area contributed by atoms with Crippen molar-refractivity contribution < 1.29 is 23.9 Å². The van der Waals surface area contributed by atoms with Crippen LogP contribution >= 0.6 is 0 Å². The minimum Gasteiger partial charge on any atom is -0.493 e. The minimum atomic E-state index is -0.495. The summed E-state index contributed by atoms with van der Waals surface area (Å²) < 4.78 is 15.9. The summed E-state index contributed by atoms with van der Waals surface area (Å²) in [4.78, 5) is 22.1. The van der Waals surface area contributed by atoms with E-state index in [-0.39, 0.29) is 31.4 Å². The lowest BCUT2D eigenvalue weighted by Gasteiger charge is -2.08. The second-order valence-corrected chi connectivity index (χ2v) is 5.32. The van der Waals surface area contributed by atoms with Crippen molar-refractivity contribution in [2.75, 3.05) is 13.4 Å². The van der Waals surface area contributed by atoms with E-state index in [1.165, 1.54) is 18.2 Å². The first-order valence-electron chi connectivity index (χ1n) is 7.64. The van der Waals surface area contributed by atoms with Crippen LogP contribution in [0.1, 0.15) is 12.0 Å². The molecule has 130 valence electrons. The van der Waals surface area contributed by atoms with E-state index >= 15 is 0 Å². The van der Waals surface area contributed by atoms with E-state index in [1.807, 2.05) is 12.1 Å². The summed E-state index contributed by atoms with van der Waals surface area (Å²) in [7, 11) is 0. The Morgan fingerprint density at radius 3 is 2.88 bits per heavy atom. The highest BCUT2D eigenvalue weighted by atomic mass is 16.7. The predicted octanol–water partition coefficient (Wildman–Crippen LogP) is 2.41. The SMILES string of the molecule is O=C(CCOc1cccc([N+](=O)[O-])c1)NCc1ccc2c(c1)OCO2. The Hall–Kier alpha value is -3.29. The molecule has 0 aromatic heterocycles. The first-order chi connectivity index (χ1) is 12.1. The molecule has 0 radical (unpaired) electrons. The maximum Gasteiger partial charge on any atom is 0.273 e. The summed E-state index contributed by atoms with van der Waals surface area (Å²) in [5.74, 6) is 1.54. The van der Waals surface area contributed by atoms with Gasteiger partial charge in [0, 0.05) is 12.6 Å². The van der Waals surface area contributed by atoms with Crippen LogP contribution in [-0.4, -0.2) is 24.2 Å². The highest BCUT2D eigenvalue weighted by Crippen LogP contribution is 2.32. The normalized spacial score (nSPS) is 11.8. The van der Waals surface area contributed by atoms with Crippen molar-refractivity contribution in [2.45, 2.75) is 13.0 Å². The highest BCUT2D eigenvalue weighted by molar-refractivity contribution is 5.76. The summed E-state index contributed by atoms with van der Waals surface area (Å²) in [5, 5.41) is 13.5. The van der Waals surface area contributed by atoms with Crippen LogP contribution in [0.4, 0.5) is 5.69 Å². The first-order valence-corrected chi connectivity index (χ1v) is 7.64. The minimum absolute atomic E-state index is 0.0511. The standard InChI is InChI=1S/C17H16N2O6/c20-17(6-7-23-14-3-1-2-13(9-14)19(21)22)18-10-12-4-5-15-16(8-12)25-11-24-15/h1-5,8-9H,6-7,10-11H2,(H,18,20). The third-order valence-electron chi connectivity index (χ3n) is 3.55. The van der Waals surface area contributed by atoms with Gasteiger partial charge in [0.25, 0.3) is 5.69 Å². The fourth-order valence-corrected chi connectivity index (χ4v) is 2.29. The molecule has 1 aliphatic rings. The average Bonchev–Trinajstić information content (AvgIpc) is 3.08. The van der Waals surface area contributed by atoms with Crippen LogP contribution in [0.3, 0.4) is 0 Å². The fourth-order valence-electron chi connectivity index (χ4n) is 2.29. The van der Waals surface area contributed by atoms with Crippen molar-refractivity contribution in [3.63, 3.8) is 0 Å². The topological polar surface area (TPSA) is 99.9 Å². The van der Waals surface area contributed by atoms with Gasteiger partial charge in [0.1, 0.15) is 5.75 Å². The number of benzene rings is 2. The third kappa shape index (κ3) is 4.37. The highest BCUT2D eigenvalue weighted by Gasteiger charge is 2.13. The van der Waals surface area contributed by atoms with Gasteiger partial charge >= 0.3 is 0 Å². The van der Waals surface area contributed by atoms with Crippen LogP contribution in [0, 0.1) is 10.1 Å². The largest absolute Gasteiger partial charge is 0.493 e. The number of ether oxygens (including phenoxy) is 3. The van der Waals surface area contributed by atoms with Gasteiger partial charge in [0.15, 0.2) is 11.5 Å². The van der Waals surface area contributed by atoms with E-state index in [0.29, 0.717) is 23.8 Å². The van der Waals surface area contributed by atoms with Crippen LogP contribution < -0.4 is 19.5 Å². The number of nitrogens with one attached hydrogen (secondary N) is 1. The van der Waals surface area contributed by atoms with Crippen molar-refractivity contribution >= 4 is 11.6 Å². The number of rotatable bonds is 7. The molecular formula is C17H16N2O6. The molecule has 1 amide bonds. The van der Waals surface area contributed by atoms with Crippen LogP contribution in [0.2, 0.25) is 0 Å². The Morgan fingerprint density at radius 2 is 2.04 bits per heavy atom. The van der Waals surface area contributed by atoms with Crippen LogP contribution in [0.15, 0.2) is 42.5 Å². The van der Waals surface area contributed by atoms with Gasteiger partial charge < -0.3 is 19.5 Å². The number of hydrogen-bond donors (Lipinski definition) is 1. The molecule has 0 atom stereocenters. The molecule has 8 nitrogen and oxygen atoms in total. The smallest absolute Gasteiger partial charge is 0.273 e. The number of nitrogens with zero attached hydrogens (tertiary/aromatic N) is 1. The Bertz CT molecular complexity index is 792. The lowest BCUT2D eigenvalue weighted by atomic mass is 10.2. The summed E-state index contributed by atoms with van der Waals surface area (Å²) in [6, 6.07) is 11.3. The zero-order chi connectivity index (χ0) is 17.6. The number of non-ortho nitro benzene ring substituents is 1. The van der Waals surface area contributed by atoms with E-state index in [2.05, 4.69) is 5.32 Å². The van der Waals surface area contributed by atoms with Crippen molar-refractivity contribution in [3.8, 4) is 17.2 Å². The zero-order valence-electron chi connectivity index (χ0n) is 13.3. The lowest BCUT2D eigenvalue weighted by molar-refractivity contribution is -0.384. The predicted molar refractivity (Wildman–Crippen MR) is 87.6 cm³/mol. The van der Waals surface area contributed by atoms with Gasteiger partial charge in [-0.25, -0.2) is 0 Å². The average molecular weight is 344 g/mol. The van der Waals surface area contributed by atoms with Gasteiger partial charge in [0.05, 0.1) is 24.0 Å². The van der Waals surface area contributed by atoms with Crippen molar-refractivity contribution in [1.29, 1.82) is 0 Å². The summed E-state index contributed by atoms with van der Waals surface area (Å²) in [6.45, 7) is 0.709. The Morgan fingerprint density at radius 1 is 1.20 bits per heavy atom. The molecule has 0 saturated heterocycles. The lowest BCUT2D eigenvalue weighted by Crippen LogP contribution is -2.24. The molecule has 1 aliphatic heterocycles. The summed E-state index contributed by atoms with van der Waals surface area (Å²) in [5.41, 5.74) is 0.849. The van der Waals surface area contributed by atoms with Crippen LogP contribution in [0.5, 0.6) is 17.2 Å². The third-order valence-corrected chi connectivity index (χ3v) is 3.55. The molecule has 3 rings (SSSR count). The molecular weight excluding hydrogens is 328 g/mol. The number of nitro groups is 1. The molecule has 0 unspecified atom stereocenters. The van der Waals surface area contributed by atoms with Gasteiger partial charge in [-0.1, -0.05) is 12.1 Å². The van der Waals surface area contributed by atoms with E-state index in [0.717, 1.165) is 5.56 Å². The second kappa shape index (κ2) is 7.52. The van der Waals surface area contributed by atoms with E-state index in [4.69, 9.17) is 14.2 Å². The summed E-state index contributed by atoms with van der Waals surface area (Å²) in [6.07, 6.45) is 0.146. The molecule has 0 bridgehead atoms. The molecule has 25 heavy (non-hydrogen) atoms. The van der Waals surface area contributed by atoms with Crippen LogP contribution in [0.25, 0.3) is 0 Å². The molecule has 2 aromatic carbocycles. The van der Waals surface area contributed by atoms with Gasteiger partial charge in [-0.15, -0.1) is 0 Å².